The Morgan fingerprint density at radius 1 is 0.810 bits per heavy atom. The minimum atomic E-state index is 0.104. The second kappa shape index (κ2) is 11.8. The van der Waals surface area contributed by atoms with Gasteiger partial charge in [-0.1, -0.05) is 73.3 Å². The standard InChI is InChI=1S/C20H36O/c1-7-11-15-17(12-8-2)18(13-9-3)19(14-10-4)20(21)16(5)6/h15-16H,7-14H2,1-6H3/b17-15+,19-18-. The van der Waals surface area contributed by atoms with Gasteiger partial charge in [-0.05, 0) is 42.4 Å². The minimum Gasteiger partial charge on any atom is -0.294 e. The Hall–Kier alpha value is -0.850. The summed E-state index contributed by atoms with van der Waals surface area (Å²) in [6.07, 6.45) is 11.1. The van der Waals surface area contributed by atoms with Crippen LogP contribution in [0, 0.1) is 5.92 Å². The van der Waals surface area contributed by atoms with Gasteiger partial charge in [-0.25, -0.2) is 0 Å². The molecule has 0 radical (unpaired) electrons. The molecule has 0 amide bonds. The number of carbonyl (C=O) groups excluding carboxylic acids is 1. The maximum Gasteiger partial charge on any atom is 0.161 e. The second-order valence-electron chi connectivity index (χ2n) is 6.24. The molecular weight excluding hydrogens is 256 g/mol. The molecule has 0 aromatic carbocycles. The molecule has 0 spiro atoms. The van der Waals surface area contributed by atoms with Crippen LogP contribution in [-0.2, 0) is 4.79 Å². The number of hydrogen-bond donors (Lipinski definition) is 0. The van der Waals surface area contributed by atoms with Crippen molar-refractivity contribution in [2.45, 2.75) is 92.9 Å². The largest absolute Gasteiger partial charge is 0.294 e. The van der Waals surface area contributed by atoms with E-state index in [4.69, 9.17) is 0 Å². The Bertz CT molecular complexity index is 358. The van der Waals surface area contributed by atoms with Gasteiger partial charge in [-0.15, -0.1) is 0 Å². The third-order valence-corrected chi connectivity index (χ3v) is 3.77. The van der Waals surface area contributed by atoms with Gasteiger partial charge in [0, 0.05) is 5.92 Å². The van der Waals surface area contributed by atoms with Gasteiger partial charge in [-0.3, -0.25) is 4.79 Å². The summed E-state index contributed by atoms with van der Waals surface area (Å²) in [6.45, 7) is 12.9. The number of unbranched alkanes of at least 4 members (excludes halogenated alkanes) is 1. The molecule has 0 aliphatic heterocycles. The first-order valence-corrected chi connectivity index (χ1v) is 8.98. The molecule has 0 heterocycles. The molecule has 122 valence electrons. The monoisotopic (exact) mass is 292 g/mol. The maximum absolute atomic E-state index is 12.6. The highest BCUT2D eigenvalue weighted by atomic mass is 16.1. The zero-order valence-electron chi connectivity index (χ0n) is 15.2. The van der Waals surface area contributed by atoms with Crippen LogP contribution < -0.4 is 0 Å². The fourth-order valence-electron chi connectivity index (χ4n) is 2.74. The van der Waals surface area contributed by atoms with E-state index in [-0.39, 0.29) is 5.92 Å². The van der Waals surface area contributed by atoms with Crippen LogP contribution in [0.25, 0.3) is 0 Å². The van der Waals surface area contributed by atoms with Crippen molar-refractivity contribution in [1.29, 1.82) is 0 Å². The molecule has 21 heavy (non-hydrogen) atoms. The molecule has 0 fully saturated rings. The summed E-state index contributed by atoms with van der Waals surface area (Å²) < 4.78 is 0. The number of ketones is 1. The van der Waals surface area contributed by atoms with Crippen LogP contribution >= 0.6 is 0 Å². The molecule has 0 aromatic rings. The first-order valence-electron chi connectivity index (χ1n) is 8.98. The van der Waals surface area contributed by atoms with Crippen LogP contribution in [0.1, 0.15) is 92.9 Å². The Morgan fingerprint density at radius 3 is 1.76 bits per heavy atom. The van der Waals surface area contributed by atoms with E-state index in [0.717, 1.165) is 50.5 Å². The minimum absolute atomic E-state index is 0.104. The third-order valence-electron chi connectivity index (χ3n) is 3.77. The van der Waals surface area contributed by atoms with Crippen molar-refractivity contribution in [1.82, 2.24) is 0 Å². The van der Waals surface area contributed by atoms with Crippen molar-refractivity contribution in [3.8, 4) is 0 Å². The lowest BCUT2D eigenvalue weighted by molar-refractivity contribution is -0.118. The first-order chi connectivity index (χ1) is 10.0. The number of Topliss-reactive ketones (excluding diaryl/α,β-unsaturated/α-hetero) is 1. The van der Waals surface area contributed by atoms with Crippen molar-refractivity contribution in [2.75, 3.05) is 0 Å². The zero-order valence-corrected chi connectivity index (χ0v) is 15.2. The van der Waals surface area contributed by atoms with Crippen LogP contribution in [-0.4, -0.2) is 5.78 Å². The van der Waals surface area contributed by atoms with Crippen LogP contribution in [0.3, 0.4) is 0 Å². The molecule has 0 aliphatic rings. The van der Waals surface area contributed by atoms with Crippen molar-refractivity contribution in [3.63, 3.8) is 0 Å². The SMILES string of the molecule is CCC/C=C(CCC)/C(CCC)=C(/CCC)C(=O)C(C)C. The number of carbonyl (C=O) groups is 1. The van der Waals surface area contributed by atoms with Crippen molar-refractivity contribution in [3.05, 3.63) is 22.8 Å². The van der Waals surface area contributed by atoms with Crippen LogP contribution in [0.4, 0.5) is 0 Å². The molecule has 0 atom stereocenters. The fraction of sp³-hybridized carbons (Fsp3) is 0.750. The van der Waals surface area contributed by atoms with Gasteiger partial charge in [0.2, 0.25) is 0 Å². The molecule has 1 nitrogen and oxygen atoms in total. The Balaban J connectivity index is 5.79. The topological polar surface area (TPSA) is 17.1 Å². The smallest absolute Gasteiger partial charge is 0.161 e. The summed E-state index contributed by atoms with van der Waals surface area (Å²) in [6, 6.07) is 0. The summed E-state index contributed by atoms with van der Waals surface area (Å²) in [7, 11) is 0. The van der Waals surface area contributed by atoms with Gasteiger partial charge in [0.05, 0.1) is 0 Å². The number of hydrogen-bond acceptors (Lipinski definition) is 1. The average molecular weight is 293 g/mol. The average Bonchev–Trinajstić information content (AvgIpc) is 2.46. The molecule has 0 aromatic heterocycles. The van der Waals surface area contributed by atoms with Gasteiger partial charge < -0.3 is 0 Å². The molecule has 0 rings (SSSR count). The predicted molar refractivity (Wildman–Crippen MR) is 94.6 cm³/mol. The molecule has 0 N–H and O–H groups in total. The molecule has 0 saturated carbocycles. The molecule has 0 aliphatic carbocycles. The lowest BCUT2D eigenvalue weighted by Crippen LogP contribution is -2.14. The highest BCUT2D eigenvalue weighted by Crippen LogP contribution is 2.29. The van der Waals surface area contributed by atoms with Gasteiger partial charge in [0.25, 0.3) is 0 Å². The highest BCUT2D eigenvalue weighted by molar-refractivity contribution is 5.98. The van der Waals surface area contributed by atoms with Crippen molar-refractivity contribution >= 4 is 5.78 Å². The molecule has 0 unspecified atom stereocenters. The van der Waals surface area contributed by atoms with E-state index >= 15 is 0 Å². The normalized spacial score (nSPS) is 13.6. The number of allylic oxidation sites excluding steroid dienone is 4. The van der Waals surface area contributed by atoms with Gasteiger partial charge in [0.15, 0.2) is 5.78 Å². The number of rotatable bonds is 11. The molecular formula is C20H36O. The van der Waals surface area contributed by atoms with E-state index in [0.29, 0.717) is 5.78 Å². The molecule has 0 bridgehead atoms. The van der Waals surface area contributed by atoms with Gasteiger partial charge in [0.1, 0.15) is 0 Å². The van der Waals surface area contributed by atoms with E-state index in [2.05, 4.69) is 33.8 Å². The Labute approximate surface area is 132 Å². The first kappa shape index (κ1) is 20.1. The van der Waals surface area contributed by atoms with Crippen LogP contribution in [0.2, 0.25) is 0 Å². The quantitative estimate of drug-likeness (QED) is 0.308. The third kappa shape index (κ3) is 7.11. The Kier molecular flexibility index (Phi) is 11.3. The van der Waals surface area contributed by atoms with E-state index < -0.39 is 0 Å². The van der Waals surface area contributed by atoms with Gasteiger partial charge in [-0.2, -0.15) is 0 Å². The van der Waals surface area contributed by atoms with E-state index in [1.54, 1.807) is 0 Å². The Morgan fingerprint density at radius 2 is 1.33 bits per heavy atom. The summed E-state index contributed by atoms with van der Waals surface area (Å²) in [5.74, 6) is 0.464. The predicted octanol–water partition coefficient (Wildman–Crippen LogP) is 6.63. The second-order valence-corrected chi connectivity index (χ2v) is 6.24. The van der Waals surface area contributed by atoms with Crippen LogP contribution in [0.5, 0.6) is 0 Å². The zero-order chi connectivity index (χ0) is 16.3. The highest BCUT2D eigenvalue weighted by Gasteiger charge is 2.19. The van der Waals surface area contributed by atoms with Gasteiger partial charge >= 0.3 is 0 Å². The lowest BCUT2D eigenvalue weighted by atomic mass is 9.85. The van der Waals surface area contributed by atoms with Crippen LogP contribution in [0.15, 0.2) is 22.8 Å². The van der Waals surface area contributed by atoms with Crippen molar-refractivity contribution in [2.24, 2.45) is 5.92 Å². The van der Waals surface area contributed by atoms with E-state index in [1.807, 2.05) is 13.8 Å². The summed E-state index contributed by atoms with van der Waals surface area (Å²) in [5.41, 5.74) is 3.93. The summed E-state index contributed by atoms with van der Waals surface area (Å²) >= 11 is 0. The van der Waals surface area contributed by atoms with E-state index in [9.17, 15) is 4.79 Å². The fourth-order valence-corrected chi connectivity index (χ4v) is 2.74. The maximum atomic E-state index is 12.6. The summed E-state index contributed by atoms with van der Waals surface area (Å²) in [5, 5.41) is 0. The molecule has 1 heteroatoms. The summed E-state index contributed by atoms with van der Waals surface area (Å²) in [4.78, 5) is 12.6. The van der Waals surface area contributed by atoms with Crippen molar-refractivity contribution < 1.29 is 4.79 Å². The van der Waals surface area contributed by atoms with E-state index in [1.165, 1.54) is 17.6 Å². The molecule has 0 saturated heterocycles. The lowest BCUT2D eigenvalue weighted by Gasteiger charge is -2.19.